The highest BCUT2D eigenvalue weighted by molar-refractivity contribution is 6.31. The molecule has 0 aliphatic rings. The van der Waals surface area contributed by atoms with E-state index < -0.39 is 0 Å². The molecule has 0 spiro atoms. The van der Waals surface area contributed by atoms with Gasteiger partial charge in [-0.05, 0) is 30.0 Å². The maximum Gasteiger partial charge on any atom is 0.172 e. The SMILES string of the molecule is CC(C)CN(CC(C)C)c1cc(Cl)ccc1C(N)=NO. The number of anilines is 1. The standard InChI is InChI=1S/C15H24ClN3O/c1-10(2)8-19(9-11(3)4)14-7-12(16)5-6-13(14)15(17)18-20/h5-7,10-11,20H,8-9H2,1-4H3,(H2,17,18). The van der Waals surface area contributed by atoms with Crippen LogP contribution in [0.5, 0.6) is 0 Å². The summed E-state index contributed by atoms with van der Waals surface area (Å²) in [6.45, 7) is 10.5. The van der Waals surface area contributed by atoms with Crippen molar-refractivity contribution in [2.24, 2.45) is 22.7 Å². The molecule has 0 aliphatic carbocycles. The van der Waals surface area contributed by atoms with Crippen LogP contribution < -0.4 is 10.6 Å². The molecule has 1 aromatic carbocycles. The molecular weight excluding hydrogens is 274 g/mol. The van der Waals surface area contributed by atoms with Gasteiger partial charge in [-0.3, -0.25) is 0 Å². The fraction of sp³-hybridized carbons (Fsp3) is 0.533. The zero-order valence-corrected chi connectivity index (χ0v) is 13.4. The summed E-state index contributed by atoms with van der Waals surface area (Å²) >= 11 is 6.11. The minimum atomic E-state index is 0.106. The van der Waals surface area contributed by atoms with Gasteiger partial charge < -0.3 is 15.8 Å². The smallest absolute Gasteiger partial charge is 0.172 e. The first-order valence-electron chi connectivity index (χ1n) is 6.87. The van der Waals surface area contributed by atoms with Crippen molar-refractivity contribution in [3.8, 4) is 0 Å². The molecule has 1 rings (SSSR count). The van der Waals surface area contributed by atoms with Crippen LogP contribution in [0.4, 0.5) is 5.69 Å². The highest BCUT2D eigenvalue weighted by Gasteiger charge is 2.17. The normalized spacial score (nSPS) is 12.2. The lowest BCUT2D eigenvalue weighted by atomic mass is 10.1. The van der Waals surface area contributed by atoms with Crippen LogP contribution in [0, 0.1) is 11.8 Å². The summed E-state index contributed by atoms with van der Waals surface area (Å²) < 4.78 is 0. The first-order chi connectivity index (χ1) is 9.35. The van der Waals surface area contributed by atoms with Crippen molar-refractivity contribution in [1.82, 2.24) is 0 Å². The highest BCUT2D eigenvalue weighted by atomic mass is 35.5. The van der Waals surface area contributed by atoms with E-state index in [1.165, 1.54) is 0 Å². The minimum Gasteiger partial charge on any atom is -0.409 e. The Bertz CT molecular complexity index is 462. The van der Waals surface area contributed by atoms with E-state index in [0.717, 1.165) is 18.8 Å². The van der Waals surface area contributed by atoms with E-state index in [2.05, 4.69) is 37.8 Å². The molecule has 3 N–H and O–H groups in total. The van der Waals surface area contributed by atoms with Crippen molar-refractivity contribution in [3.63, 3.8) is 0 Å². The molecule has 0 saturated heterocycles. The predicted molar refractivity (Wildman–Crippen MR) is 85.9 cm³/mol. The summed E-state index contributed by atoms with van der Waals surface area (Å²) in [6, 6.07) is 5.42. The van der Waals surface area contributed by atoms with Gasteiger partial charge in [0.1, 0.15) is 0 Å². The first-order valence-corrected chi connectivity index (χ1v) is 7.25. The number of hydrogen-bond donors (Lipinski definition) is 2. The summed E-state index contributed by atoms with van der Waals surface area (Å²) in [6.07, 6.45) is 0. The van der Waals surface area contributed by atoms with Crippen LogP contribution in [0.1, 0.15) is 33.3 Å². The number of nitrogens with two attached hydrogens (primary N) is 1. The van der Waals surface area contributed by atoms with E-state index in [9.17, 15) is 0 Å². The van der Waals surface area contributed by atoms with E-state index in [-0.39, 0.29) is 5.84 Å². The number of halogens is 1. The van der Waals surface area contributed by atoms with Gasteiger partial charge in [0.15, 0.2) is 5.84 Å². The molecule has 1 aromatic rings. The maximum atomic E-state index is 8.94. The van der Waals surface area contributed by atoms with E-state index >= 15 is 0 Å². The van der Waals surface area contributed by atoms with Gasteiger partial charge in [-0.25, -0.2) is 0 Å². The van der Waals surface area contributed by atoms with Crippen LogP contribution in [-0.2, 0) is 0 Å². The van der Waals surface area contributed by atoms with Crippen molar-refractivity contribution in [3.05, 3.63) is 28.8 Å². The van der Waals surface area contributed by atoms with Crippen molar-refractivity contribution < 1.29 is 5.21 Å². The van der Waals surface area contributed by atoms with Crippen LogP contribution >= 0.6 is 11.6 Å². The van der Waals surface area contributed by atoms with Crippen LogP contribution in [0.25, 0.3) is 0 Å². The molecule has 112 valence electrons. The highest BCUT2D eigenvalue weighted by Crippen LogP contribution is 2.26. The van der Waals surface area contributed by atoms with Gasteiger partial charge >= 0.3 is 0 Å². The number of benzene rings is 1. The van der Waals surface area contributed by atoms with Crippen LogP contribution in [0.2, 0.25) is 5.02 Å². The topological polar surface area (TPSA) is 61.8 Å². The van der Waals surface area contributed by atoms with Crippen LogP contribution in [-0.4, -0.2) is 24.1 Å². The third kappa shape index (κ3) is 4.60. The van der Waals surface area contributed by atoms with Gasteiger partial charge in [0.25, 0.3) is 0 Å². The molecule has 0 atom stereocenters. The molecule has 0 amide bonds. The van der Waals surface area contributed by atoms with Crippen molar-refractivity contribution in [2.75, 3.05) is 18.0 Å². The Morgan fingerprint density at radius 3 is 2.25 bits per heavy atom. The summed E-state index contributed by atoms with van der Waals surface area (Å²) in [7, 11) is 0. The summed E-state index contributed by atoms with van der Waals surface area (Å²) in [5.74, 6) is 1.12. The van der Waals surface area contributed by atoms with E-state index in [0.29, 0.717) is 22.4 Å². The van der Waals surface area contributed by atoms with Gasteiger partial charge in [0.2, 0.25) is 0 Å². The van der Waals surface area contributed by atoms with E-state index in [1.54, 1.807) is 12.1 Å². The Hall–Kier alpha value is -1.42. The van der Waals surface area contributed by atoms with Crippen LogP contribution in [0.3, 0.4) is 0 Å². The lowest BCUT2D eigenvalue weighted by Crippen LogP contribution is -2.33. The number of oxime groups is 1. The van der Waals surface area contributed by atoms with Crippen molar-refractivity contribution in [2.45, 2.75) is 27.7 Å². The number of rotatable bonds is 6. The number of hydrogen-bond acceptors (Lipinski definition) is 3. The largest absolute Gasteiger partial charge is 0.409 e. The van der Waals surface area contributed by atoms with Gasteiger partial charge in [-0.2, -0.15) is 0 Å². The lowest BCUT2D eigenvalue weighted by molar-refractivity contribution is 0.318. The molecule has 0 fully saturated rings. The molecule has 0 saturated carbocycles. The second-order valence-corrected chi connectivity index (χ2v) is 6.28. The fourth-order valence-electron chi connectivity index (χ4n) is 2.19. The first kappa shape index (κ1) is 16.6. The summed E-state index contributed by atoms with van der Waals surface area (Å²) in [5, 5.41) is 12.7. The van der Waals surface area contributed by atoms with Crippen LogP contribution in [0.15, 0.2) is 23.4 Å². The molecule has 0 bridgehead atoms. The Labute approximate surface area is 126 Å². The molecule has 0 radical (unpaired) electrons. The molecule has 0 aliphatic heterocycles. The average molecular weight is 298 g/mol. The van der Waals surface area contributed by atoms with Crippen molar-refractivity contribution >= 4 is 23.1 Å². The average Bonchev–Trinajstić information content (AvgIpc) is 2.36. The summed E-state index contributed by atoms with van der Waals surface area (Å²) in [4.78, 5) is 2.24. The Morgan fingerprint density at radius 2 is 1.80 bits per heavy atom. The number of amidine groups is 1. The Balaban J connectivity index is 3.25. The predicted octanol–water partition coefficient (Wildman–Crippen LogP) is 3.55. The molecule has 4 nitrogen and oxygen atoms in total. The van der Waals surface area contributed by atoms with Gasteiger partial charge in [-0.15, -0.1) is 0 Å². The molecular formula is C15H24ClN3O. The van der Waals surface area contributed by atoms with E-state index in [1.807, 2.05) is 6.07 Å². The maximum absolute atomic E-state index is 8.94. The Morgan fingerprint density at radius 1 is 1.25 bits per heavy atom. The lowest BCUT2D eigenvalue weighted by Gasteiger charge is -2.30. The zero-order valence-electron chi connectivity index (χ0n) is 12.6. The van der Waals surface area contributed by atoms with E-state index in [4.69, 9.17) is 22.5 Å². The Kier molecular flexibility index (Phi) is 6.14. The molecule has 20 heavy (non-hydrogen) atoms. The second-order valence-electron chi connectivity index (χ2n) is 5.84. The zero-order chi connectivity index (χ0) is 15.3. The molecule has 0 heterocycles. The quantitative estimate of drug-likeness (QED) is 0.365. The van der Waals surface area contributed by atoms with Gasteiger partial charge in [-0.1, -0.05) is 44.5 Å². The molecule has 5 heteroatoms. The minimum absolute atomic E-state index is 0.106. The monoisotopic (exact) mass is 297 g/mol. The van der Waals surface area contributed by atoms with Gasteiger partial charge in [0.05, 0.1) is 0 Å². The molecule has 0 aromatic heterocycles. The third-order valence-electron chi connectivity index (χ3n) is 2.86. The van der Waals surface area contributed by atoms with Crippen molar-refractivity contribution in [1.29, 1.82) is 0 Å². The third-order valence-corrected chi connectivity index (χ3v) is 3.09. The van der Waals surface area contributed by atoms with Gasteiger partial charge in [0, 0.05) is 29.4 Å². The summed E-state index contributed by atoms with van der Waals surface area (Å²) in [5.41, 5.74) is 7.39. The second kappa shape index (κ2) is 7.39. The number of nitrogens with zero attached hydrogens (tertiary/aromatic N) is 2. The fourth-order valence-corrected chi connectivity index (χ4v) is 2.36. The molecule has 0 unspecified atom stereocenters.